The Labute approximate surface area is 199 Å². The molecule has 0 aliphatic carbocycles. The predicted molar refractivity (Wildman–Crippen MR) is 103 cm³/mol. The molecule has 2 aliphatic rings. The molecule has 1 aromatic carbocycles. The van der Waals surface area contributed by atoms with E-state index < -0.39 is 30.1 Å². The van der Waals surface area contributed by atoms with Crippen molar-refractivity contribution in [3.05, 3.63) is 35.9 Å². The molecular formula is C21H28N3NaO5. The van der Waals surface area contributed by atoms with Crippen LogP contribution < -0.4 is 40.0 Å². The molecule has 1 aromatic rings. The van der Waals surface area contributed by atoms with Gasteiger partial charge in [-0.15, -0.1) is 0 Å². The fourth-order valence-corrected chi connectivity index (χ4v) is 3.63. The summed E-state index contributed by atoms with van der Waals surface area (Å²) in [6.07, 6.45) is -1.80. The Morgan fingerprint density at radius 3 is 2.27 bits per heavy atom. The van der Waals surface area contributed by atoms with Crippen molar-refractivity contribution in [1.82, 2.24) is 15.1 Å². The van der Waals surface area contributed by atoms with E-state index in [1.54, 1.807) is 4.90 Å². The summed E-state index contributed by atoms with van der Waals surface area (Å²) in [4.78, 5) is 40.1. The number of piperazine rings is 1. The van der Waals surface area contributed by atoms with E-state index in [4.69, 9.17) is 4.74 Å². The van der Waals surface area contributed by atoms with Gasteiger partial charge in [-0.25, -0.2) is 0 Å². The van der Waals surface area contributed by atoms with Crippen LogP contribution in [0.2, 0.25) is 0 Å². The molecule has 0 radical (unpaired) electrons. The van der Waals surface area contributed by atoms with Crippen molar-refractivity contribution in [2.75, 3.05) is 26.2 Å². The van der Waals surface area contributed by atoms with Crippen molar-refractivity contribution in [2.24, 2.45) is 5.92 Å². The van der Waals surface area contributed by atoms with Gasteiger partial charge in [0.2, 0.25) is 5.91 Å². The first-order valence-electron chi connectivity index (χ1n) is 10.1. The van der Waals surface area contributed by atoms with Gasteiger partial charge in [0, 0.05) is 32.7 Å². The van der Waals surface area contributed by atoms with Crippen molar-refractivity contribution in [3.63, 3.8) is 0 Å². The summed E-state index contributed by atoms with van der Waals surface area (Å²) in [5.74, 6) is -1.91. The number of carboxylic acids is 1. The average Bonchev–Trinajstić information content (AvgIpc) is 3.49. The quantitative estimate of drug-likeness (QED) is 0.341. The molecule has 9 heteroatoms. The molecule has 0 aromatic heterocycles. The number of nitrogens with zero attached hydrogens (tertiary/aromatic N) is 2. The Morgan fingerprint density at radius 1 is 1.10 bits per heavy atom. The van der Waals surface area contributed by atoms with E-state index in [-0.39, 0.29) is 41.4 Å². The second kappa shape index (κ2) is 11.2. The van der Waals surface area contributed by atoms with Gasteiger partial charge < -0.3 is 24.9 Å². The van der Waals surface area contributed by atoms with Crippen LogP contribution in [0, 0.1) is 5.92 Å². The van der Waals surface area contributed by atoms with Crippen LogP contribution in [0.15, 0.2) is 30.3 Å². The maximum absolute atomic E-state index is 13.0. The van der Waals surface area contributed by atoms with Gasteiger partial charge in [-0.05, 0) is 17.9 Å². The maximum atomic E-state index is 13.0. The summed E-state index contributed by atoms with van der Waals surface area (Å²) in [7, 11) is 0. The Morgan fingerprint density at radius 2 is 1.73 bits per heavy atom. The van der Waals surface area contributed by atoms with Gasteiger partial charge in [-0.1, -0.05) is 44.2 Å². The van der Waals surface area contributed by atoms with Crippen molar-refractivity contribution in [3.8, 4) is 0 Å². The summed E-state index contributed by atoms with van der Waals surface area (Å²) in [5.41, 5.74) is 1.24. The third-order valence-corrected chi connectivity index (χ3v) is 5.24. The number of nitrogens with one attached hydrogen (secondary N) is 1. The summed E-state index contributed by atoms with van der Waals surface area (Å²) >= 11 is 0. The van der Waals surface area contributed by atoms with E-state index in [1.165, 1.54) is 5.56 Å². The molecule has 0 saturated carbocycles. The molecule has 1 N–H and O–H groups in total. The predicted octanol–water partition coefficient (Wildman–Crippen LogP) is -3.62. The van der Waals surface area contributed by atoms with E-state index in [0.29, 0.717) is 19.5 Å². The van der Waals surface area contributed by atoms with Gasteiger partial charge in [-0.2, -0.15) is 0 Å². The van der Waals surface area contributed by atoms with Crippen LogP contribution in [-0.4, -0.2) is 72.0 Å². The minimum atomic E-state index is -1.41. The van der Waals surface area contributed by atoms with Crippen molar-refractivity contribution in [1.29, 1.82) is 0 Å². The number of carbonyl (C=O) groups excluding carboxylic acids is 3. The number of epoxide rings is 1. The first kappa shape index (κ1) is 24.8. The number of benzene rings is 1. The minimum absolute atomic E-state index is 0. The average molecular weight is 425 g/mol. The van der Waals surface area contributed by atoms with Crippen LogP contribution >= 0.6 is 0 Å². The van der Waals surface area contributed by atoms with Crippen LogP contribution in [0.3, 0.4) is 0 Å². The Bertz CT molecular complexity index is 737. The number of hydrogen-bond acceptors (Lipinski definition) is 6. The van der Waals surface area contributed by atoms with Crippen LogP contribution in [0.25, 0.3) is 0 Å². The van der Waals surface area contributed by atoms with Gasteiger partial charge in [0.25, 0.3) is 5.91 Å². The van der Waals surface area contributed by atoms with E-state index in [1.807, 2.05) is 32.0 Å². The standard InChI is InChI=1S/C21H29N3O5.Na/c1-14(2)12-16(22-19(25)17-18(29-17)21(27)28)20(26)24-10-8-23(9-11-24)13-15-6-4-3-5-7-15;/h3-7,14,16-18H,8-13H2,1-2H3,(H,22,25)(H,27,28);/q;+1/p-1. The third-order valence-electron chi connectivity index (χ3n) is 5.24. The number of carbonyl (C=O) groups is 3. The molecule has 3 rings (SSSR count). The molecule has 0 bridgehead atoms. The minimum Gasteiger partial charge on any atom is -0.547 e. The Hall–Kier alpha value is -1.45. The molecule has 3 atom stereocenters. The summed E-state index contributed by atoms with van der Waals surface area (Å²) in [5, 5.41) is 13.5. The smallest absolute Gasteiger partial charge is 0.547 e. The van der Waals surface area contributed by atoms with Crippen molar-refractivity contribution in [2.45, 2.75) is 45.1 Å². The van der Waals surface area contributed by atoms with E-state index >= 15 is 0 Å². The van der Waals surface area contributed by atoms with Crippen LogP contribution in [0.1, 0.15) is 25.8 Å². The number of carboxylic acid groups (broad SMARTS) is 1. The van der Waals surface area contributed by atoms with Gasteiger partial charge >= 0.3 is 29.6 Å². The SMILES string of the molecule is CC(C)CC(NC(=O)C1OC1C(=O)[O-])C(=O)N1CCN(Cc2ccccc2)CC1.[Na+]. The zero-order chi connectivity index (χ0) is 21.0. The fourth-order valence-electron chi connectivity index (χ4n) is 3.63. The second-order valence-corrected chi connectivity index (χ2v) is 8.07. The Balaban J connectivity index is 0.00000320. The molecule has 2 fully saturated rings. The Kier molecular flexibility index (Phi) is 9.31. The summed E-state index contributed by atoms with van der Waals surface area (Å²) in [6.45, 7) is 7.51. The largest absolute Gasteiger partial charge is 1.00 e. The molecule has 158 valence electrons. The number of hydrogen-bond donors (Lipinski definition) is 1. The maximum Gasteiger partial charge on any atom is 1.00 e. The molecule has 2 amide bonds. The summed E-state index contributed by atoms with van der Waals surface area (Å²) in [6, 6.07) is 9.52. The van der Waals surface area contributed by atoms with Gasteiger partial charge in [0.05, 0.1) is 5.97 Å². The number of amides is 2. The van der Waals surface area contributed by atoms with E-state index in [2.05, 4.69) is 22.3 Å². The summed E-state index contributed by atoms with van der Waals surface area (Å²) < 4.78 is 4.84. The molecule has 0 spiro atoms. The molecule has 2 aliphatic heterocycles. The van der Waals surface area contributed by atoms with Crippen LogP contribution in [-0.2, 0) is 25.7 Å². The van der Waals surface area contributed by atoms with Crippen LogP contribution in [0.4, 0.5) is 0 Å². The molecule has 2 saturated heterocycles. The van der Waals surface area contributed by atoms with Crippen LogP contribution in [0.5, 0.6) is 0 Å². The topological polar surface area (TPSA) is 105 Å². The molecule has 2 heterocycles. The van der Waals surface area contributed by atoms with Gasteiger partial charge in [-0.3, -0.25) is 14.5 Å². The molecular weight excluding hydrogens is 397 g/mol. The first-order valence-corrected chi connectivity index (χ1v) is 10.1. The number of rotatable bonds is 8. The molecule has 30 heavy (non-hydrogen) atoms. The van der Waals surface area contributed by atoms with E-state index in [9.17, 15) is 19.5 Å². The molecule has 8 nitrogen and oxygen atoms in total. The second-order valence-electron chi connectivity index (χ2n) is 8.07. The monoisotopic (exact) mass is 425 g/mol. The van der Waals surface area contributed by atoms with Gasteiger partial charge in [0.15, 0.2) is 6.10 Å². The fraction of sp³-hybridized carbons (Fsp3) is 0.571. The zero-order valence-corrected chi connectivity index (χ0v) is 19.9. The van der Waals surface area contributed by atoms with Gasteiger partial charge in [0.1, 0.15) is 12.1 Å². The van der Waals surface area contributed by atoms with Crippen molar-refractivity contribution >= 4 is 17.8 Å². The van der Waals surface area contributed by atoms with Crippen molar-refractivity contribution < 1.29 is 53.8 Å². The zero-order valence-electron chi connectivity index (χ0n) is 17.9. The number of ether oxygens (including phenoxy) is 1. The molecule has 3 unspecified atom stereocenters. The third kappa shape index (κ3) is 6.78. The first-order chi connectivity index (χ1) is 13.8. The normalized spacial score (nSPS) is 22.2. The number of aliphatic carboxylic acids is 1. The van der Waals surface area contributed by atoms with E-state index in [0.717, 1.165) is 19.6 Å².